The number of hydrogen-bond acceptors (Lipinski definition) is 4. The van der Waals surface area contributed by atoms with Crippen LogP contribution in [-0.2, 0) is 0 Å². The van der Waals surface area contributed by atoms with Gasteiger partial charge in [-0.2, -0.15) is 9.78 Å². The number of rotatable bonds is 1. The molecule has 0 amide bonds. The molecule has 2 heterocycles. The molecule has 0 unspecified atom stereocenters. The molecule has 0 aliphatic carbocycles. The summed E-state index contributed by atoms with van der Waals surface area (Å²) in [6.45, 7) is 0. The number of nitrogen functional groups attached to an aromatic ring is 1. The minimum atomic E-state index is 0.597. The predicted octanol–water partition coefficient (Wildman–Crippen LogP) is 0.849. The van der Waals surface area contributed by atoms with Crippen molar-refractivity contribution < 1.29 is 0 Å². The molecule has 5 nitrogen and oxygen atoms in total. The van der Waals surface area contributed by atoms with Crippen molar-refractivity contribution in [3.63, 3.8) is 0 Å². The van der Waals surface area contributed by atoms with Gasteiger partial charge in [-0.05, 0) is 22.6 Å². The third kappa shape index (κ3) is 1.48. The van der Waals surface area contributed by atoms with E-state index in [2.05, 4.69) is 37.7 Å². The van der Waals surface area contributed by atoms with E-state index >= 15 is 0 Å². The Hall–Kier alpha value is -1.18. The summed E-state index contributed by atoms with van der Waals surface area (Å²) >= 11 is 2.12. The van der Waals surface area contributed by atoms with E-state index in [1.54, 1.807) is 23.1 Å². The zero-order valence-corrected chi connectivity index (χ0v) is 8.71. The first-order valence-corrected chi connectivity index (χ1v) is 4.62. The van der Waals surface area contributed by atoms with Gasteiger partial charge in [0.05, 0.1) is 9.77 Å². The van der Waals surface area contributed by atoms with Gasteiger partial charge in [0.2, 0.25) is 0 Å². The normalized spacial score (nSPS) is 10.2. The van der Waals surface area contributed by atoms with Crippen molar-refractivity contribution in [2.45, 2.75) is 0 Å². The summed E-state index contributed by atoms with van der Waals surface area (Å²) in [5.74, 6) is 1.27. The molecule has 6 heteroatoms. The lowest BCUT2D eigenvalue weighted by atomic mass is 10.5. The highest BCUT2D eigenvalue weighted by Crippen LogP contribution is 2.16. The first-order chi connectivity index (χ1) is 6.29. The Balaban J connectivity index is 2.53. The minimum Gasteiger partial charge on any atom is -0.383 e. The Labute approximate surface area is 88.1 Å². The number of nitrogens with zero attached hydrogens (tertiary/aromatic N) is 4. The summed E-state index contributed by atoms with van der Waals surface area (Å²) in [6.07, 6.45) is 4.80. The van der Waals surface area contributed by atoms with Crippen LogP contribution in [0.3, 0.4) is 0 Å². The second-order valence-electron chi connectivity index (χ2n) is 2.36. The molecular weight excluding hydrogens is 281 g/mol. The lowest BCUT2D eigenvalue weighted by Gasteiger charge is -2.00. The van der Waals surface area contributed by atoms with E-state index in [1.165, 1.54) is 6.33 Å². The highest BCUT2D eigenvalue weighted by molar-refractivity contribution is 14.1. The predicted molar refractivity (Wildman–Crippen MR) is 56.3 cm³/mol. The third-order valence-corrected chi connectivity index (χ3v) is 2.37. The summed E-state index contributed by atoms with van der Waals surface area (Å²) < 4.78 is 2.49. The van der Waals surface area contributed by atoms with Gasteiger partial charge in [0, 0.05) is 12.3 Å². The second kappa shape index (κ2) is 3.29. The van der Waals surface area contributed by atoms with E-state index in [4.69, 9.17) is 5.73 Å². The van der Waals surface area contributed by atoms with Crippen LogP contribution in [0.2, 0.25) is 0 Å². The van der Waals surface area contributed by atoms with Crippen LogP contribution in [0.4, 0.5) is 5.82 Å². The average Bonchev–Trinajstić information content (AvgIpc) is 2.49. The summed E-state index contributed by atoms with van der Waals surface area (Å²) in [7, 11) is 0. The number of nitrogens with two attached hydrogens (primary N) is 1. The van der Waals surface area contributed by atoms with Crippen LogP contribution < -0.4 is 5.73 Å². The van der Waals surface area contributed by atoms with Crippen LogP contribution in [0.25, 0.3) is 5.82 Å². The van der Waals surface area contributed by atoms with Crippen molar-refractivity contribution in [2.24, 2.45) is 0 Å². The van der Waals surface area contributed by atoms with Crippen molar-refractivity contribution >= 4 is 28.4 Å². The minimum absolute atomic E-state index is 0.597. The molecule has 0 saturated carbocycles. The topological polar surface area (TPSA) is 69.6 Å². The molecule has 0 spiro atoms. The zero-order chi connectivity index (χ0) is 9.26. The first-order valence-electron chi connectivity index (χ1n) is 3.54. The van der Waals surface area contributed by atoms with Gasteiger partial charge in [0.25, 0.3) is 0 Å². The van der Waals surface area contributed by atoms with Gasteiger partial charge in [-0.1, -0.05) is 0 Å². The molecule has 0 bridgehead atoms. The van der Waals surface area contributed by atoms with Gasteiger partial charge in [0.15, 0.2) is 5.82 Å². The maximum Gasteiger partial charge on any atom is 0.159 e. The Bertz CT molecular complexity index is 410. The quantitative estimate of drug-likeness (QED) is 0.789. The highest BCUT2D eigenvalue weighted by Gasteiger charge is 2.06. The fourth-order valence-electron chi connectivity index (χ4n) is 0.929. The van der Waals surface area contributed by atoms with E-state index in [-0.39, 0.29) is 0 Å². The summed E-state index contributed by atoms with van der Waals surface area (Å²) in [4.78, 5) is 7.84. The van der Waals surface area contributed by atoms with E-state index in [0.717, 1.165) is 3.57 Å². The van der Waals surface area contributed by atoms with Crippen molar-refractivity contribution in [1.29, 1.82) is 0 Å². The molecule has 0 fully saturated rings. The van der Waals surface area contributed by atoms with Gasteiger partial charge >= 0.3 is 0 Å². The van der Waals surface area contributed by atoms with Crippen molar-refractivity contribution in [1.82, 2.24) is 19.7 Å². The molecule has 2 aromatic heterocycles. The van der Waals surface area contributed by atoms with Gasteiger partial charge in [0.1, 0.15) is 12.1 Å². The monoisotopic (exact) mass is 287 g/mol. The number of aromatic nitrogens is 4. The largest absolute Gasteiger partial charge is 0.383 e. The van der Waals surface area contributed by atoms with E-state index < -0.39 is 0 Å². The molecular formula is C7H6IN5. The average molecular weight is 287 g/mol. The fourth-order valence-corrected chi connectivity index (χ4v) is 1.28. The third-order valence-electron chi connectivity index (χ3n) is 1.54. The van der Waals surface area contributed by atoms with Crippen LogP contribution in [0, 0.1) is 3.57 Å². The molecule has 0 aromatic carbocycles. The van der Waals surface area contributed by atoms with Gasteiger partial charge in [-0.15, -0.1) is 0 Å². The van der Waals surface area contributed by atoms with Gasteiger partial charge in [-0.3, -0.25) is 0 Å². The van der Waals surface area contributed by atoms with Crippen molar-refractivity contribution in [2.75, 3.05) is 5.73 Å². The Morgan fingerprint density at radius 3 is 2.85 bits per heavy atom. The molecule has 0 radical (unpaired) electrons. The van der Waals surface area contributed by atoms with Crippen molar-refractivity contribution in [3.8, 4) is 5.82 Å². The van der Waals surface area contributed by atoms with E-state index in [1.807, 2.05) is 0 Å². The van der Waals surface area contributed by atoms with Crippen LogP contribution in [0.1, 0.15) is 0 Å². The van der Waals surface area contributed by atoms with Crippen molar-refractivity contribution in [3.05, 3.63) is 28.4 Å². The van der Waals surface area contributed by atoms with Crippen LogP contribution in [-0.4, -0.2) is 19.7 Å². The molecule has 0 saturated heterocycles. The van der Waals surface area contributed by atoms with Gasteiger partial charge < -0.3 is 5.73 Å². The van der Waals surface area contributed by atoms with E-state index in [9.17, 15) is 0 Å². The Morgan fingerprint density at radius 1 is 1.46 bits per heavy atom. The lowest BCUT2D eigenvalue weighted by molar-refractivity contribution is 0.849. The number of hydrogen-bond donors (Lipinski definition) is 1. The molecule has 0 atom stereocenters. The van der Waals surface area contributed by atoms with E-state index in [0.29, 0.717) is 11.6 Å². The molecule has 0 aliphatic heterocycles. The molecule has 66 valence electrons. The molecule has 2 rings (SSSR count). The molecule has 2 N–H and O–H groups in total. The molecule has 0 aliphatic rings. The standard InChI is InChI=1S/C7H6IN5/c8-5-3-12-13(7(5)9)6-1-2-10-4-11-6/h1-4H,9H2. The smallest absolute Gasteiger partial charge is 0.159 e. The molecule has 13 heavy (non-hydrogen) atoms. The highest BCUT2D eigenvalue weighted by atomic mass is 127. The van der Waals surface area contributed by atoms with Crippen LogP contribution in [0.15, 0.2) is 24.8 Å². The summed E-state index contributed by atoms with van der Waals surface area (Å²) in [5, 5.41) is 4.08. The van der Waals surface area contributed by atoms with Crippen LogP contribution >= 0.6 is 22.6 Å². The Morgan fingerprint density at radius 2 is 2.31 bits per heavy atom. The Kier molecular flexibility index (Phi) is 2.13. The van der Waals surface area contributed by atoms with Gasteiger partial charge in [-0.25, -0.2) is 9.97 Å². The number of anilines is 1. The number of halogens is 1. The maximum atomic E-state index is 5.77. The lowest BCUT2D eigenvalue weighted by Crippen LogP contribution is -2.04. The summed E-state index contributed by atoms with van der Waals surface area (Å²) in [6, 6.07) is 1.75. The second-order valence-corrected chi connectivity index (χ2v) is 3.52. The van der Waals surface area contributed by atoms with Crippen LogP contribution in [0.5, 0.6) is 0 Å². The maximum absolute atomic E-state index is 5.77. The summed E-state index contributed by atoms with van der Waals surface area (Å²) in [5.41, 5.74) is 5.77. The molecule has 2 aromatic rings. The zero-order valence-electron chi connectivity index (χ0n) is 6.55. The first kappa shape index (κ1) is 8.42. The fraction of sp³-hybridized carbons (Fsp3) is 0. The SMILES string of the molecule is Nc1c(I)cnn1-c1ccncn1.